The number of rotatable bonds is 6. The van der Waals surface area contributed by atoms with Gasteiger partial charge >= 0.3 is 0 Å². The molecule has 25 heavy (non-hydrogen) atoms. The molecule has 1 heterocycles. The van der Waals surface area contributed by atoms with E-state index in [4.69, 9.17) is 16.3 Å². The summed E-state index contributed by atoms with van der Waals surface area (Å²) in [5.74, 6) is 0.769. The molecule has 126 valence electrons. The van der Waals surface area contributed by atoms with Crippen LogP contribution >= 0.6 is 11.6 Å². The minimum absolute atomic E-state index is 0.496. The van der Waals surface area contributed by atoms with Crippen LogP contribution in [0.1, 0.15) is 16.7 Å². The molecule has 3 aromatic rings. The highest BCUT2D eigenvalue weighted by Crippen LogP contribution is 2.18. The van der Waals surface area contributed by atoms with Crippen molar-refractivity contribution in [2.45, 2.75) is 6.42 Å². The minimum Gasteiger partial charge on any atom is -0.493 e. The van der Waals surface area contributed by atoms with Gasteiger partial charge in [0.2, 0.25) is 0 Å². The molecule has 0 aliphatic rings. The van der Waals surface area contributed by atoms with Crippen molar-refractivity contribution >= 4 is 17.3 Å². The van der Waals surface area contributed by atoms with Gasteiger partial charge in [-0.1, -0.05) is 41.0 Å². The molecule has 0 radical (unpaired) electrons. The number of hydrogen-bond donors (Lipinski definition) is 1. The molecule has 0 aliphatic heterocycles. The maximum atomic E-state index is 9.50. The van der Waals surface area contributed by atoms with Crippen LogP contribution in [-0.2, 0) is 6.42 Å². The SMILES string of the molecule is ON=C(c1cccnc1)c1ccccc1CCOc1ccc(Cl)cc1. The average Bonchev–Trinajstić information content (AvgIpc) is 2.66. The summed E-state index contributed by atoms with van der Waals surface area (Å²) in [6.07, 6.45) is 4.04. The van der Waals surface area contributed by atoms with Gasteiger partial charge in [-0.2, -0.15) is 0 Å². The third kappa shape index (κ3) is 4.37. The van der Waals surface area contributed by atoms with Gasteiger partial charge in [-0.25, -0.2) is 0 Å². The second-order valence-electron chi connectivity index (χ2n) is 5.40. The molecular formula is C20H17ClN2O2. The molecule has 0 spiro atoms. The molecule has 2 aromatic carbocycles. The summed E-state index contributed by atoms with van der Waals surface area (Å²) in [4.78, 5) is 4.09. The first kappa shape index (κ1) is 17.0. The Hall–Kier alpha value is -2.85. The van der Waals surface area contributed by atoms with Crippen molar-refractivity contribution in [1.29, 1.82) is 0 Å². The lowest BCUT2D eigenvalue weighted by atomic mass is 9.97. The molecule has 0 bridgehead atoms. The molecular weight excluding hydrogens is 336 g/mol. The van der Waals surface area contributed by atoms with E-state index in [1.807, 2.05) is 48.5 Å². The Morgan fingerprint density at radius 3 is 2.56 bits per heavy atom. The Morgan fingerprint density at radius 1 is 1.04 bits per heavy atom. The highest BCUT2D eigenvalue weighted by Gasteiger charge is 2.12. The first-order chi connectivity index (χ1) is 12.3. The zero-order chi connectivity index (χ0) is 17.5. The Morgan fingerprint density at radius 2 is 1.84 bits per heavy atom. The predicted octanol–water partition coefficient (Wildman–Crippen LogP) is 4.58. The predicted molar refractivity (Wildman–Crippen MR) is 98.8 cm³/mol. The third-order valence-electron chi connectivity index (χ3n) is 3.76. The summed E-state index contributed by atoms with van der Waals surface area (Å²) in [6.45, 7) is 0.504. The standard InChI is InChI=1S/C20H17ClN2O2/c21-17-7-9-18(10-8-17)25-13-11-15-4-1-2-6-19(15)20(23-24)16-5-3-12-22-14-16/h1-10,12,14,24H,11,13H2. The Labute approximate surface area is 151 Å². The van der Waals surface area contributed by atoms with Crippen LogP contribution < -0.4 is 4.74 Å². The summed E-state index contributed by atoms with van der Waals surface area (Å²) >= 11 is 5.87. The Bertz CT molecular complexity index is 849. The van der Waals surface area contributed by atoms with E-state index in [9.17, 15) is 5.21 Å². The summed E-state index contributed by atoms with van der Waals surface area (Å²) in [6, 6.07) is 18.7. The van der Waals surface area contributed by atoms with E-state index in [2.05, 4.69) is 10.1 Å². The number of oxime groups is 1. The first-order valence-electron chi connectivity index (χ1n) is 7.87. The van der Waals surface area contributed by atoms with E-state index >= 15 is 0 Å². The molecule has 1 aromatic heterocycles. The van der Waals surface area contributed by atoms with Crippen molar-refractivity contribution in [3.05, 3.63) is 94.8 Å². The average molecular weight is 353 g/mol. The van der Waals surface area contributed by atoms with Gasteiger partial charge in [0.25, 0.3) is 0 Å². The van der Waals surface area contributed by atoms with Gasteiger partial charge in [0.1, 0.15) is 11.5 Å². The Kier molecular flexibility index (Phi) is 5.65. The molecule has 0 atom stereocenters. The fourth-order valence-corrected chi connectivity index (χ4v) is 2.67. The fourth-order valence-electron chi connectivity index (χ4n) is 2.55. The van der Waals surface area contributed by atoms with Crippen LogP contribution in [0.2, 0.25) is 5.02 Å². The number of ether oxygens (including phenoxy) is 1. The van der Waals surface area contributed by atoms with E-state index in [0.29, 0.717) is 23.8 Å². The summed E-state index contributed by atoms with van der Waals surface area (Å²) < 4.78 is 5.77. The molecule has 0 aliphatic carbocycles. The highest BCUT2D eigenvalue weighted by molar-refractivity contribution is 6.30. The normalized spacial score (nSPS) is 11.3. The fraction of sp³-hybridized carbons (Fsp3) is 0.100. The summed E-state index contributed by atoms with van der Waals surface area (Å²) in [5, 5.41) is 13.7. The van der Waals surface area contributed by atoms with Crippen LogP contribution in [0, 0.1) is 0 Å². The maximum Gasteiger partial charge on any atom is 0.119 e. The molecule has 4 nitrogen and oxygen atoms in total. The van der Waals surface area contributed by atoms with Crippen LogP contribution in [0.4, 0.5) is 0 Å². The Balaban J connectivity index is 1.75. The number of pyridine rings is 1. The van der Waals surface area contributed by atoms with Gasteiger partial charge in [0, 0.05) is 35.0 Å². The quantitative estimate of drug-likeness (QED) is 0.401. The van der Waals surface area contributed by atoms with Crippen molar-refractivity contribution in [2.75, 3.05) is 6.61 Å². The van der Waals surface area contributed by atoms with E-state index in [-0.39, 0.29) is 0 Å². The lowest BCUT2D eigenvalue weighted by molar-refractivity contribution is 0.318. The zero-order valence-corrected chi connectivity index (χ0v) is 14.2. The van der Waals surface area contributed by atoms with Crippen LogP contribution in [-0.4, -0.2) is 22.5 Å². The third-order valence-corrected chi connectivity index (χ3v) is 4.01. The summed E-state index contributed by atoms with van der Waals surface area (Å²) in [7, 11) is 0. The topological polar surface area (TPSA) is 54.7 Å². The van der Waals surface area contributed by atoms with E-state index in [0.717, 1.165) is 22.4 Å². The van der Waals surface area contributed by atoms with Crippen molar-refractivity contribution in [2.24, 2.45) is 5.16 Å². The van der Waals surface area contributed by atoms with Crippen molar-refractivity contribution in [3.8, 4) is 5.75 Å². The summed E-state index contributed by atoms with van der Waals surface area (Å²) in [5.41, 5.74) is 3.15. The van der Waals surface area contributed by atoms with Crippen LogP contribution in [0.25, 0.3) is 0 Å². The first-order valence-corrected chi connectivity index (χ1v) is 8.25. The van der Waals surface area contributed by atoms with Gasteiger partial charge in [0.05, 0.1) is 6.61 Å². The number of nitrogens with zero attached hydrogens (tertiary/aromatic N) is 2. The van der Waals surface area contributed by atoms with Crippen LogP contribution in [0.5, 0.6) is 5.75 Å². The largest absolute Gasteiger partial charge is 0.493 e. The van der Waals surface area contributed by atoms with Gasteiger partial charge in [-0.3, -0.25) is 4.98 Å². The van der Waals surface area contributed by atoms with Crippen LogP contribution in [0.15, 0.2) is 78.2 Å². The second-order valence-corrected chi connectivity index (χ2v) is 5.84. The van der Waals surface area contributed by atoms with E-state index in [1.54, 1.807) is 24.5 Å². The number of hydrogen-bond acceptors (Lipinski definition) is 4. The monoisotopic (exact) mass is 352 g/mol. The molecule has 0 saturated carbocycles. The van der Waals surface area contributed by atoms with Crippen LogP contribution in [0.3, 0.4) is 0 Å². The van der Waals surface area contributed by atoms with Gasteiger partial charge < -0.3 is 9.94 Å². The van der Waals surface area contributed by atoms with E-state index in [1.165, 1.54) is 0 Å². The van der Waals surface area contributed by atoms with Crippen molar-refractivity contribution in [3.63, 3.8) is 0 Å². The molecule has 0 unspecified atom stereocenters. The molecule has 5 heteroatoms. The van der Waals surface area contributed by atoms with Crippen molar-refractivity contribution < 1.29 is 9.94 Å². The molecule has 3 rings (SSSR count). The van der Waals surface area contributed by atoms with Gasteiger partial charge in [-0.05, 0) is 42.0 Å². The van der Waals surface area contributed by atoms with Gasteiger partial charge in [-0.15, -0.1) is 0 Å². The maximum absolute atomic E-state index is 9.50. The highest BCUT2D eigenvalue weighted by atomic mass is 35.5. The van der Waals surface area contributed by atoms with E-state index < -0.39 is 0 Å². The lowest BCUT2D eigenvalue weighted by Crippen LogP contribution is -2.10. The molecule has 0 saturated heterocycles. The molecule has 0 amide bonds. The lowest BCUT2D eigenvalue weighted by Gasteiger charge is -2.12. The zero-order valence-electron chi connectivity index (χ0n) is 13.5. The number of benzene rings is 2. The minimum atomic E-state index is 0.496. The molecule has 1 N–H and O–H groups in total. The second kappa shape index (κ2) is 8.31. The smallest absolute Gasteiger partial charge is 0.119 e. The van der Waals surface area contributed by atoms with Crippen molar-refractivity contribution in [1.82, 2.24) is 4.98 Å². The van der Waals surface area contributed by atoms with Gasteiger partial charge in [0.15, 0.2) is 0 Å². The number of aromatic nitrogens is 1. The molecule has 0 fully saturated rings. The number of halogens is 1.